The minimum atomic E-state index is -4.68. The van der Waals surface area contributed by atoms with Crippen LogP contribution in [0.3, 0.4) is 0 Å². The number of ether oxygens (including phenoxy) is 1. The van der Waals surface area contributed by atoms with E-state index in [0.29, 0.717) is 4.47 Å². The average Bonchev–Trinajstić information content (AvgIpc) is 2.21. The van der Waals surface area contributed by atoms with Crippen molar-refractivity contribution in [3.8, 4) is 0 Å². The normalized spacial score (nSPS) is 13.8. The molecule has 1 atom stereocenters. The summed E-state index contributed by atoms with van der Waals surface area (Å²) >= 11 is 3.06. The largest absolute Gasteiger partial charge is 0.444 e. The molecule has 0 saturated heterocycles. The molecular formula is C12H14BrF3N2O2. The van der Waals surface area contributed by atoms with Crippen LogP contribution in [0.4, 0.5) is 18.0 Å². The van der Waals surface area contributed by atoms with Gasteiger partial charge >= 0.3 is 12.3 Å². The fourth-order valence-electron chi connectivity index (χ4n) is 1.33. The van der Waals surface area contributed by atoms with E-state index >= 15 is 0 Å². The third-order valence-corrected chi connectivity index (χ3v) is 2.52. The Bertz CT molecular complexity index is 486. The minimum Gasteiger partial charge on any atom is -0.444 e. The van der Waals surface area contributed by atoms with E-state index < -0.39 is 23.9 Å². The van der Waals surface area contributed by atoms with Crippen LogP contribution in [0.15, 0.2) is 22.8 Å². The number of carbonyl (C=O) groups is 1. The van der Waals surface area contributed by atoms with Gasteiger partial charge in [-0.25, -0.2) is 4.79 Å². The molecule has 1 heterocycles. The van der Waals surface area contributed by atoms with Gasteiger partial charge in [0.15, 0.2) is 6.04 Å². The number of aromatic nitrogens is 1. The molecule has 0 spiro atoms. The summed E-state index contributed by atoms with van der Waals surface area (Å²) in [4.78, 5) is 15.1. The van der Waals surface area contributed by atoms with Gasteiger partial charge in [-0.1, -0.05) is 15.9 Å². The Morgan fingerprint density at radius 1 is 1.40 bits per heavy atom. The van der Waals surface area contributed by atoms with Gasteiger partial charge in [-0.2, -0.15) is 13.2 Å². The summed E-state index contributed by atoms with van der Waals surface area (Å²) in [5, 5.41) is 1.79. The Morgan fingerprint density at radius 2 is 2.00 bits per heavy atom. The summed E-state index contributed by atoms with van der Waals surface area (Å²) in [5.41, 5.74) is -1.21. The molecule has 1 unspecified atom stereocenters. The van der Waals surface area contributed by atoms with Gasteiger partial charge in [0.05, 0.1) is 5.69 Å². The number of rotatable bonds is 2. The highest BCUT2D eigenvalue weighted by atomic mass is 79.9. The fraction of sp³-hybridized carbons (Fsp3) is 0.500. The molecule has 1 amide bonds. The van der Waals surface area contributed by atoms with Crippen LogP contribution in [0.5, 0.6) is 0 Å². The van der Waals surface area contributed by atoms with Crippen molar-refractivity contribution in [2.45, 2.75) is 38.6 Å². The number of amides is 1. The fourth-order valence-corrected chi connectivity index (χ4v) is 1.68. The highest BCUT2D eigenvalue weighted by Gasteiger charge is 2.43. The highest BCUT2D eigenvalue weighted by Crippen LogP contribution is 2.32. The van der Waals surface area contributed by atoms with Crippen LogP contribution in [0.25, 0.3) is 0 Å². The van der Waals surface area contributed by atoms with Crippen molar-refractivity contribution in [3.63, 3.8) is 0 Å². The quantitative estimate of drug-likeness (QED) is 0.873. The third-order valence-electron chi connectivity index (χ3n) is 2.03. The zero-order chi connectivity index (χ0) is 15.6. The van der Waals surface area contributed by atoms with Crippen molar-refractivity contribution < 1.29 is 22.7 Å². The average molecular weight is 355 g/mol. The Balaban J connectivity index is 2.95. The summed E-state index contributed by atoms with van der Waals surface area (Å²) in [7, 11) is 0. The standard InChI is InChI=1S/C12H14BrF3N2O2/c1-11(2,3)20-10(19)18-9(12(14,15)16)8-6-7(13)4-5-17-8/h4-6,9H,1-3H3,(H,18,19). The minimum absolute atomic E-state index is 0.322. The van der Waals surface area contributed by atoms with E-state index in [-0.39, 0.29) is 5.69 Å². The van der Waals surface area contributed by atoms with E-state index in [1.807, 2.05) is 0 Å². The van der Waals surface area contributed by atoms with Crippen LogP contribution < -0.4 is 5.32 Å². The predicted octanol–water partition coefficient (Wildman–Crippen LogP) is 3.97. The van der Waals surface area contributed by atoms with E-state index in [1.54, 1.807) is 26.1 Å². The Morgan fingerprint density at radius 3 is 2.45 bits per heavy atom. The van der Waals surface area contributed by atoms with Gasteiger partial charge in [0.25, 0.3) is 0 Å². The van der Waals surface area contributed by atoms with Gasteiger partial charge in [0, 0.05) is 10.7 Å². The molecule has 0 fully saturated rings. The van der Waals surface area contributed by atoms with Crippen LogP contribution in [-0.2, 0) is 4.74 Å². The number of halogens is 4. The van der Waals surface area contributed by atoms with E-state index in [9.17, 15) is 18.0 Å². The van der Waals surface area contributed by atoms with Gasteiger partial charge in [-0.15, -0.1) is 0 Å². The first-order valence-corrected chi connectivity index (χ1v) is 6.46. The topological polar surface area (TPSA) is 51.2 Å². The van der Waals surface area contributed by atoms with Crippen molar-refractivity contribution in [2.24, 2.45) is 0 Å². The Hall–Kier alpha value is -1.31. The second kappa shape index (κ2) is 5.99. The maximum Gasteiger partial charge on any atom is 0.414 e. The van der Waals surface area contributed by atoms with Gasteiger partial charge in [-0.05, 0) is 32.9 Å². The second-order valence-electron chi connectivity index (χ2n) is 5.02. The molecule has 0 aliphatic carbocycles. The Kier molecular flexibility index (Phi) is 5.01. The zero-order valence-corrected chi connectivity index (χ0v) is 12.7. The van der Waals surface area contributed by atoms with Crippen molar-refractivity contribution in [1.82, 2.24) is 10.3 Å². The molecule has 1 aromatic rings. The van der Waals surface area contributed by atoms with Crippen LogP contribution in [0.2, 0.25) is 0 Å². The van der Waals surface area contributed by atoms with Crippen LogP contribution in [0.1, 0.15) is 32.5 Å². The number of pyridine rings is 1. The lowest BCUT2D eigenvalue weighted by Crippen LogP contribution is -2.41. The molecule has 0 radical (unpaired) electrons. The van der Waals surface area contributed by atoms with Gasteiger partial charge in [-0.3, -0.25) is 4.98 Å². The van der Waals surface area contributed by atoms with Crippen molar-refractivity contribution >= 4 is 22.0 Å². The number of nitrogens with zero attached hydrogens (tertiary/aromatic N) is 1. The molecule has 20 heavy (non-hydrogen) atoms. The molecule has 0 saturated carbocycles. The first-order chi connectivity index (χ1) is 8.99. The summed E-state index contributed by atoms with van der Waals surface area (Å²) in [6.07, 6.45) is -4.61. The molecule has 8 heteroatoms. The first kappa shape index (κ1) is 16.7. The molecule has 1 N–H and O–H groups in total. The molecule has 0 bridgehead atoms. The zero-order valence-electron chi connectivity index (χ0n) is 11.1. The summed E-state index contributed by atoms with van der Waals surface area (Å²) in [6, 6.07) is 0.454. The predicted molar refractivity (Wildman–Crippen MR) is 70.1 cm³/mol. The summed E-state index contributed by atoms with van der Waals surface area (Å²) in [5.74, 6) is 0. The number of hydrogen-bond acceptors (Lipinski definition) is 3. The van der Waals surface area contributed by atoms with Crippen LogP contribution in [0, 0.1) is 0 Å². The molecule has 4 nitrogen and oxygen atoms in total. The lowest BCUT2D eigenvalue weighted by atomic mass is 10.2. The summed E-state index contributed by atoms with van der Waals surface area (Å²) in [6.45, 7) is 4.69. The van der Waals surface area contributed by atoms with E-state index in [0.717, 1.165) is 0 Å². The molecule has 1 rings (SSSR count). The third kappa shape index (κ3) is 5.36. The maximum atomic E-state index is 13.0. The molecule has 0 aromatic carbocycles. The number of carbonyl (C=O) groups excluding carboxylic acids is 1. The molecule has 112 valence electrons. The van der Waals surface area contributed by atoms with Gasteiger partial charge in [0.2, 0.25) is 0 Å². The van der Waals surface area contributed by atoms with Gasteiger partial charge < -0.3 is 10.1 Å². The van der Waals surface area contributed by atoms with Crippen molar-refractivity contribution in [2.75, 3.05) is 0 Å². The lowest BCUT2D eigenvalue weighted by Gasteiger charge is -2.24. The SMILES string of the molecule is CC(C)(C)OC(=O)NC(c1cc(Br)ccn1)C(F)(F)F. The van der Waals surface area contributed by atoms with Crippen molar-refractivity contribution in [1.29, 1.82) is 0 Å². The van der Waals surface area contributed by atoms with Crippen molar-refractivity contribution in [3.05, 3.63) is 28.5 Å². The number of hydrogen-bond donors (Lipinski definition) is 1. The van der Waals surface area contributed by atoms with E-state index in [4.69, 9.17) is 4.74 Å². The number of alkyl carbamates (subject to hydrolysis) is 1. The smallest absolute Gasteiger partial charge is 0.414 e. The van der Waals surface area contributed by atoms with Crippen LogP contribution in [-0.4, -0.2) is 22.9 Å². The number of alkyl halides is 3. The second-order valence-corrected chi connectivity index (χ2v) is 5.94. The number of nitrogens with one attached hydrogen (secondary N) is 1. The monoisotopic (exact) mass is 354 g/mol. The van der Waals surface area contributed by atoms with Crippen LogP contribution >= 0.6 is 15.9 Å². The molecule has 1 aromatic heterocycles. The molecule has 0 aliphatic heterocycles. The van der Waals surface area contributed by atoms with E-state index in [2.05, 4.69) is 20.9 Å². The molecular weight excluding hydrogens is 341 g/mol. The Labute approximate surface area is 122 Å². The first-order valence-electron chi connectivity index (χ1n) is 5.67. The highest BCUT2D eigenvalue weighted by molar-refractivity contribution is 9.10. The van der Waals surface area contributed by atoms with Gasteiger partial charge in [0.1, 0.15) is 5.60 Å². The maximum absolute atomic E-state index is 13.0. The lowest BCUT2D eigenvalue weighted by molar-refractivity contribution is -0.157. The molecule has 0 aliphatic rings. The summed E-state index contributed by atoms with van der Waals surface area (Å²) < 4.78 is 44.3. The van der Waals surface area contributed by atoms with E-state index in [1.165, 1.54) is 18.3 Å².